The number of nitrogens with one attached hydrogen (secondary N) is 1. The number of rotatable bonds is 6. The molecule has 0 aliphatic rings. The van der Waals surface area contributed by atoms with Crippen LogP contribution in [0.3, 0.4) is 0 Å². The van der Waals surface area contributed by atoms with Gasteiger partial charge in [0, 0.05) is 12.6 Å². The molecule has 0 spiro atoms. The summed E-state index contributed by atoms with van der Waals surface area (Å²) in [5.74, 6) is 0.848. The first kappa shape index (κ1) is 14.6. The van der Waals surface area contributed by atoms with Crippen LogP contribution in [0.1, 0.15) is 24.2 Å². The Hall–Kier alpha value is -1.84. The van der Waals surface area contributed by atoms with Crippen molar-refractivity contribution in [3.8, 4) is 5.75 Å². The molecule has 2 rings (SSSR count). The van der Waals surface area contributed by atoms with Crippen LogP contribution in [0.2, 0.25) is 0 Å². The number of hydrogen-bond donors (Lipinski definition) is 2. The summed E-state index contributed by atoms with van der Waals surface area (Å²) >= 11 is 0. The van der Waals surface area contributed by atoms with E-state index in [1.54, 1.807) is 7.11 Å². The van der Waals surface area contributed by atoms with E-state index in [0.717, 1.165) is 16.9 Å². The highest BCUT2D eigenvalue weighted by Gasteiger charge is 2.15. The Morgan fingerprint density at radius 2 is 1.85 bits per heavy atom. The first-order chi connectivity index (χ1) is 9.70. The van der Waals surface area contributed by atoms with Gasteiger partial charge in [0.25, 0.3) is 0 Å². The highest BCUT2D eigenvalue weighted by molar-refractivity contribution is 5.28. The monoisotopic (exact) mass is 271 g/mol. The molecule has 0 aliphatic carbocycles. The maximum absolute atomic E-state index is 10.3. The third kappa shape index (κ3) is 3.83. The van der Waals surface area contributed by atoms with Crippen molar-refractivity contribution >= 4 is 0 Å². The Balaban J connectivity index is 1.93. The van der Waals surface area contributed by atoms with Gasteiger partial charge in [0.2, 0.25) is 0 Å². The van der Waals surface area contributed by atoms with E-state index in [1.165, 1.54) is 0 Å². The first-order valence-corrected chi connectivity index (χ1v) is 6.80. The third-order valence-electron chi connectivity index (χ3n) is 3.38. The van der Waals surface area contributed by atoms with E-state index in [9.17, 15) is 5.11 Å². The van der Waals surface area contributed by atoms with Gasteiger partial charge in [0.1, 0.15) is 5.75 Å². The fraction of sp³-hybridized carbons (Fsp3) is 0.294. The van der Waals surface area contributed by atoms with Crippen LogP contribution in [0.4, 0.5) is 0 Å². The number of benzene rings is 2. The van der Waals surface area contributed by atoms with Crippen LogP contribution in [-0.2, 0) is 6.54 Å². The standard InChI is InChI=1S/C17H21NO2/c1-13(17(19)15-8-4-3-5-9-15)18-12-14-7-6-10-16(11-14)20-2/h3-11,13,17-19H,12H2,1-2H3/t13-,17+/m0/s1. The molecule has 0 amide bonds. The molecule has 0 saturated heterocycles. The van der Waals surface area contributed by atoms with Gasteiger partial charge in [-0.25, -0.2) is 0 Å². The Bertz CT molecular complexity index is 528. The van der Waals surface area contributed by atoms with Gasteiger partial charge in [-0.05, 0) is 30.2 Å². The van der Waals surface area contributed by atoms with Crippen LogP contribution >= 0.6 is 0 Å². The average Bonchev–Trinajstić information content (AvgIpc) is 2.53. The zero-order valence-corrected chi connectivity index (χ0v) is 11.9. The summed E-state index contributed by atoms with van der Waals surface area (Å²) < 4.78 is 5.20. The quantitative estimate of drug-likeness (QED) is 0.849. The summed E-state index contributed by atoms with van der Waals surface area (Å²) in [5.41, 5.74) is 2.06. The van der Waals surface area contributed by atoms with Crippen LogP contribution < -0.4 is 10.1 Å². The fourth-order valence-electron chi connectivity index (χ4n) is 2.11. The molecule has 3 nitrogen and oxygen atoms in total. The molecule has 0 unspecified atom stereocenters. The van der Waals surface area contributed by atoms with Crippen LogP contribution in [0, 0.1) is 0 Å². The smallest absolute Gasteiger partial charge is 0.119 e. The molecule has 0 bridgehead atoms. The molecule has 20 heavy (non-hydrogen) atoms. The second-order valence-corrected chi connectivity index (χ2v) is 4.88. The zero-order valence-electron chi connectivity index (χ0n) is 11.9. The van der Waals surface area contributed by atoms with Gasteiger partial charge in [0.05, 0.1) is 13.2 Å². The second-order valence-electron chi connectivity index (χ2n) is 4.88. The van der Waals surface area contributed by atoms with Gasteiger partial charge in [-0.15, -0.1) is 0 Å². The van der Waals surface area contributed by atoms with Crippen molar-refractivity contribution < 1.29 is 9.84 Å². The Kier molecular flexibility index (Phi) is 5.16. The largest absolute Gasteiger partial charge is 0.497 e. The molecule has 0 saturated carbocycles. The van der Waals surface area contributed by atoms with Gasteiger partial charge in [-0.3, -0.25) is 0 Å². The number of methoxy groups -OCH3 is 1. The topological polar surface area (TPSA) is 41.5 Å². The molecule has 2 aromatic carbocycles. The van der Waals surface area contributed by atoms with Crippen molar-refractivity contribution in [2.45, 2.75) is 25.6 Å². The van der Waals surface area contributed by atoms with Crippen LogP contribution in [0.5, 0.6) is 5.75 Å². The van der Waals surface area contributed by atoms with Gasteiger partial charge in [-0.1, -0.05) is 42.5 Å². The van der Waals surface area contributed by atoms with Gasteiger partial charge in [-0.2, -0.15) is 0 Å². The summed E-state index contributed by atoms with van der Waals surface area (Å²) in [6.07, 6.45) is -0.512. The SMILES string of the molecule is COc1cccc(CN[C@@H](C)[C@@H](O)c2ccccc2)c1. The molecular weight excluding hydrogens is 250 g/mol. The van der Waals surface area contributed by atoms with Gasteiger partial charge >= 0.3 is 0 Å². The second kappa shape index (κ2) is 7.08. The van der Waals surface area contributed by atoms with E-state index < -0.39 is 6.10 Å². The Labute approximate surface area is 120 Å². The summed E-state index contributed by atoms with van der Waals surface area (Å²) in [5, 5.41) is 13.6. The molecule has 2 aromatic rings. The van der Waals surface area contributed by atoms with Crippen LogP contribution in [0.25, 0.3) is 0 Å². The lowest BCUT2D eigenvalue weighted by Gasteiger charge is -2.20. The fourth-order valence-corrected chi connectivity index (χ4v) is 2.11. The Morgan fingerprint density at radius 1 is 1.10 bits per heavy atom. The molecule has 0 aromatic heterocycles. The lowest BCUT2D eigenvalue weighted by molar-refractivity contribution is 0.135. The summed E-state index contributed by atoms with van der Waals surface area (Å²) in [6.45, 7) is 2.68. The van der Waals surface area contributed by atoms with Crippen LogP contribution in [-0.4, -0.2) is 18.3 Å². The van der Waals surface area contributed by atoms with Crippen LogP contribution in [0.15, 0.2) is 54.6 Å². The number of aliphatic hydroxyl groups excluding tert-OH is 1. The number of aliphatic hydroxyl groups is 1. The predicted molar refractivity (Wildman–Crippen MR) is 80.7 cm³/mol. The molecule has 0 radical (unpaired) electrons. The van der Waals surface area contributed by atoms with Gasteiger partial charge in [0.15, 0.2) is 0 Å². The molecule has 0 fully saturated rings. The minimum Gasteiger partial charge on any atom is -0.497 e. The average molecular weight is 271 g/mol. The first-order valence-electron chi connectivity index (χ1n) is 6.80. The van der Waals surface area contributed by atoms with Crippen molar-refractivity contribution in [2.75, 3.05) is 7.11 Å². The normalized spacial score (nSPS) is 13.8. The van der Waals surface area contributed by atoms with Crippen molar-refractivity contribution in [1.82, 2.24) is 5.32 Å². The van der Waals surface area contributed by atoms with E-state index in [4.69, 9.17) is 4.74 Å². The zero-order chi connectivity index (χ0) is 14.4. The van der Waals surface area contributed by atoms with Crippen molar-refractivity contribution in [3.05, 3.63) is 65.7 Å². The van der Waals surface area contributed by atoms with Crippen molar-refractivity contribution in [2.24, 2.45) is 0 Å². The predicted octanol–water partition coefficient (Wildman–Crippen LogP) is 2.91. The Morgan fingerprint density at radius 3 is 2.55 bits per heavy atom. The minimum atomic E-state index is -0.512. The molecule has 0 heterocycles. The summed E-state index contributed by atoms with van der Waals surface area (Å²) in [4.78, 5) is 0. The number of hydrogen-bond acceptors (Lipinski definition) is 3. The van der Waals surface area contributed by atoms with Crippen molar-refractivity contribution in [1.29, 1.82) is 0 Å². The van der Waals surface area contributed by atoms with E-state index in [-0.39, 0.29) is 6.04 Å². The maximum Gasteiger partial charge on any atom is 0.119 e. The molecular formula is C17H21NO2. The number of ether oxygens (including phenoxy) is 1. The lowest BCUT2D eigenvalue weighted by Crippen LogP contribution is -2.31. The van der Waals surface area contributed by atoms with Crippen molar-refractivity contribution in [3.63, 3.8) is 0 Å². The molecule has 2 atom stereocenters. The van der Waals surface area contributed by atoms with E-state index >= 15 is 0 Å². The molecule has 0 aliphatic heterocycles. The van der Waals surface area contributed by atoms with E-state index in [1.807, 2.05) is 61.5 Å². The highest BCUT2D eigenvalue weighted by Crippen LogP contribution is 2.17. The van der Waals surface area contributed by atoms with E-state index in [2.05, 4.69) is 5.32 Å². The minimum absolute atomic E-state index is 0.0244. The maximum atomic E-state index is 10.3. The summed E-state index contributed by atoms with van der Waals surface area (Å²) in [7, 11) is 1.66. The highest BCUT2D eigenvalue weighted by atomic mass is 16.5. The molecule has 3 heteroatoms. The molecule has 106 valence electrons. The lowest BCUT2D eigenvalue weighted by atomic mass is 10.0. The summed E-state index contributed by atoms with van der Waals surface area (Å²) in [6, 6.07) is 17.6. The van der Waals surface area contributed by atoms with E-state index in [0.29, 0.717) is 6.54 Å². The molecule has 2 N–H and O–H groups in total. The third-order valence-corrected chi connectivity index (χ3v) is 3.38. The van der Waals surface area contributed by atoms with Gasteiger partial charge < -0.3 is 15.2 Å².